The number of nitrogens with zero attached hydrogens (tertiary/aromatic N) is 2. The number of amides is 1. The second-order valence-corrected chi connectivity index (χ2v) is 5.33. The van der Waals surface area contributed by atoms with E-state index in [0.717, 1.165) is 31.7 Å². The summed E-state index contributed by atoms with van der Waals surface area (Å²) >= 11 is 0. The van der Waals surface area contributed by atoms with Gasteiger partial charge in [0.15, 0.2) is 0 Å². The Bertz CT molecular complexity index is 436. The number of rotatable bonds is 9. The first kappa shape index (κ1) is 17.4. The average Bonchev–Trinajstić information content (AvgIpc) is 2.52. The molecule has 0 saturated carbocycles. The van der Waals surface area contributed by atoms with E-state index >= 15 is 0 Å². The fraction of sp³-hybridized carbons (Fsp3) is 0.625. The van der Waals surface area contributed by atoms with Gasteiger partial charge in [-0.15, -0.1) is 0 Å². The third-order valence-corrected chi connectivity index (χ3v) is 3.63. The molecule has 5 heteroatoms. The van der Waals surface area contributed by atoms with Crippen LogP contribution in [0.5, 0.6) is 0 Å². The zero-order chi connectivity index (χ0) is 15.7. The van der Waals surface area contributed by atoms with Crippen LogP contribution < -0.4 is 10.6 Å². The SMILES string of the molecule is CCCNc1cccc(C(=O)NCCN(C)C(C)CC)n1. The van der Waals surface area contributed by atoms with Gasteiger partial charge in [0.05, 0.1) is 0 Å². The van der Waals surface area contributed by atoms with Gasteiger partial charge in [-0.3, -0.25) is 4.79 Å². The van der Waals surface area contributed by atoms with Crippen molar-refractivity contribution in [2.24, 2.45) is 0 Å². The molecule has 118 valence electrons. The summed E-state index contributed by atoms with van der Waals surface area (Å²) in [7, 11) is 2.08. The Hall–Kier alpha value is -1.62. The number of anilines is 1. The van der Waals surface area contributed by atoms with Crippen LogP contribution in [0.2, 0.25) is 0 Å². The molecule has 0 saturated heterocycles. The lowest BCUT2D eigenvalue weighted by Gasteiger charge is -2.23. The van der Waals surface area contributed by atoms with Crippen LogP contribution >= 0.6 is 0 Å². The summed E-state index contributed by atoms with van der Waals surface area (Å²) in [4.78, 5) is 18.6. The van der Waals surface area contributed by atoms with E-state index in [9.17, 15) is 4.79 Å². The second kappa shape index (κ2) is 9.34. The van der Waals surface area contributed by atoms with Crippen molar-refractivity contribution >= 4 is 11.7 Å². The molecular formula is C16H28N4O. The van der Waals surface area contributed by atoms with Crippen molar-refractivity contribution in [3.8, 4) is 0 Å². The summed E-state index contributed by atoms with van der Waals surface area (Å²) in [5.41, 5.74) is 0.460. The molecule has 2 N–H and O–H groups in total. The minimum Gasteiger partial charge on any atom is -0.370 e. The van der Waals surface area contributed by atoms with E-state index in [4.69, 9.17) is 0 Å². The maximum atomic E-state index is 12.1. The Kier molecular flexibility index (Phi) is 7.75. The van der Waals surface area contributed by atoms with E-state index in [1.807, 2.05) is 12.1 Å². The minimum atomic E-state index is -0.118. The van der Waals surface area contributed by atoms with Gasteiger partial charge in [-0.05, 0) is 38.9 Å². The average molecular weight is 292 g/mol. The molecule has 1 unspecified atom stereocenters. The van der Waals surface area contributed by atoms with Gasteiger partial charge in [0, 0.05) is 25.7 Å². The molecule has 1 rings (SSSR count). The molecule has 1 aromatic rings. The second-order valence-electron chi connectivity index (χ2n) is 5.33. The zero-order valence-electron chi connectivity index (χ0n) is 13.6. The Labute approximate surface area is 128 Å². The van der Waals surface area contributed by atoms with Crippen LogP contribution in [0.1, 0.15) is 44.1 Å². The van der Waals surface area contributed by atoms with E-state index in [1.165, 1.54) is 0 Å². The molecule has 0 spiro atoms. The van der Waals surface area contributed by atoms with Crippen LogP contribution in [0, 0.1) is 0 Å². The van der Waals surface area contributed by atoms with Crippen LogP contribution in [0.15, 0.2) is 18.2 Å². The molecule has 0 fully saturated rings. The van der Waals surface area contributed by atoms with Crippen molar-refractivity contribution in [1.82, 2.24) is 15.2 Å². The molecule has 1 heterocycles. The molecule has 1 amide bonds. The highest BCUT2D eigenvalue weighted by Crippen LogP contribution is 2.05. The predicted molar refractivity (Wildman–Crippen MR) is 87.7 cm³/mol. The van der Waals surface area contributed by atoms with Crippen molar-refractivity contribution < 1.29 is 4.79 Å². The number of hydrogen-bond donors (Lipinski definition) is 2. The molecule has 0 aromatic carbocycles. The number of pyridine rings is 1. The van der Waals surface area contributed by atoms with Gasteiger partial charge >= 0.3 is 0 Å². The monoisotopic (exact) mass is 292 g/mol. The van der Waals surface area contributed by atoms with E-state index in [2.05, 4.69) is 48.3 Å². The van der Waals surface area contributed by atoms with Crippen LogP contribution in [-0.4, -0.2) is 48.5 Å². The van der Waals surface area contributed by atoms with Gasteiger partial charge < -0.3 is 15.5 Å². The first-order chi connectivity index (χ1) is 10.1. The number of hydrogen-bond acceptors (Lipinski definition) is 4. The highest BCUT2D eigenvalue weighted by atomic mass is 16.1. The smallest absolute Gasteiger partial charge is 0.270 e. The molecule has 5 nitrogen and oxygen atoms in total. The van der Waals surface area contributed by atoms with Gasteiger partial charge in [-0.2, -0.15) is 0 Å². The van der Waals surface area contributed by atoms with E-state index < -0.39 is 0 Å². The van der Waals surface area contributed by atoms with E-state index in [1.54, 1.807) is 6.07 Å². The molecule has 0 aliphatic rings. The number of nitrogens with one attached hydrogen (secondary N) is 2. The Morgan fingerprint density at radius 3 is 2.76 bits per heavy atom. The highest BCUT2D eigenvalue weighted by Gasteiger charge is 2.09. The Morgan fingerprint density at radius 1 is 1.33 bits per heavy atom. The van der Waals surface area contributed by atoms with Crippen LogP contribution in [0.25, 0.3) is 0 Å². The lowest BCUT2D eigenvalue weighted by Crippen LogP contribution is -2.37. The van der Waals surface area contributed by atoms with Crippen molar-refractivity contribution in [2.45, 2.75) is 39.7 Å². The maximum absolute atomic E-state index is 12.1. The third-order valence-electron chi connectivity index (χ3n) is 3.63. The maximum Gasteiger partial charge on any atom is 0.270 e. The predicted octanol–water partition coefficient (Wildman–Crippen LogP) is 2.36. The first-order valence-corrected chi connectivity index (χ1v) is 7.77. The van der Waals surface area contributed by atoms with E-state index in [0.29, 0.717) is 18.3 Å². The summed E-state index contributed by atoms with van der Waals surface area (Å²) in [6.07, 6.45) is 2.14. The molecule has 0 aliphatic heterocycles. The first-order valence-electron chi connectivity index (χ1n) is 7.77. The van der Waals surface area contributed by atoms with Crippen molar-refractivity contribution in [3.05, 3.63) is 23.9 Å². The standard InChI is InChI=1S/C16H28N4O/c1-5-10-17-15-9-7-8-14(19-15)16(21)18-11-12-20(4)13(3)6-2/h7-9,13H,5-6,10-12H2,1-4H3,(H,17,19)(H,18,21). The fourth-order valence-corrected chi connectivity index (χ4v) is 1.88. The summed E-state index contributed by atoms with van der Waals surface area (Å²) in [6.45, 7) is 8.78. The van der Waals surface area contributed by atoms with Crippen LogP contribution in [0.4, 0.5) is 5.82 Å². The lowest BCUT2D eigenvalue weighted by atomic mass is 10.2. The van der Waals surface area contributed by atoms with Crippen molar-refractivity contribution in [1.29, 1.82) is 0 Å². The molecule has 1 aromatic heterocycles. The topological polar surface area (TPSA) is 57.3 Å². The van der Waals surface area contributed by atoms with Gasteiger partial charge in [0.1, 0.15) is 11.5 Å². The number of likely N-dealkylation sites (N-methyl/N-ethyl adjacent to an activating group) is 1. The Balaban J connectivity index is 2.44. The van der Waals surface area contributed by atoms with Gasteiger partial charge in [0.2, 0.25) is 0 Å². The van der Waals surface area contributed by atoms with E-state index in [-0.39, 0.29) is 5.91 Å². The summed E-state index contributed by atoms with van der Waals surface area (Å²) in [6, 6.07) is 6.00. The van der Waals surface area contributed by atoms with Gasteiger partial charge in [-0.1, -0.05) is 19.9 Å². The molecular weight excluding hydrogens is 264 g/mol. The number of carbonyl (C=O) groups is 1. The molecule has 0 radical (unpaired) electrons. The molecule has 21 heavy (non-hydrogen) atoms. The number of carbonyl (C=O) groups excluding carboxylic acids is 1. The highest BCUT2D eigenvalue weighted by molar-refractivity contribution is 5.92. The number of aromatic nitrogens is 1. The quantitative estimate of drug-likeness (QED) is 0.733. The Morgan fingerprint density at radius 2 is 2.10 bits per heavy atom. The fourth-order valence-electron chi connectivity index (χ4n) is 1.88. The summed E-state index contributed by atoms with van der Waals surface area (Å²) in [5.74, 6) is 0.633. The van der Waals surface area contributed by atoms with Gasteiger partial charge in [0.25, 0.3) is 5.91 Å². The lowest BCUT2D eigenvalue weighted by molar-refractivity contribution is 0.0942. The third kappa shape index (κ3) is 6.12. The molecule has 0 bridgehead atoms. The summed E-state index contributed by atoms with van der Waals surface area (Å²) in [5, 5.41) is 6.11. The van der Waals surface area contributed by atoms with Crippen molar-refractivity contribution in [2.75, 3.05) is 32.0 Å². The minimum absolute atomic E-state index is 0.118. The van der Waals surface area contributed by atoms with Crippen molar-refractivity contribution in [3.63, 3.8) is 0 Å². The normalized spacial score (nSPS) is 12.2. The molecule has 0 aliphatic carbocycles. The largest absolute Gasteiger partial charge is 0.370 e. The summed E-state index contributed by atoms with van der Waals surface area (Å²) < 4.78 is 0. The zero-order valence-corrected chi connectivity index (χ0v) is 13.6. The van der Waals surface area contributed by atoms with Gasteiger partial charge in [-0.25, -0.2) is 4.98 Å². The van der Waals surface area contributed by atoms with Crippen LogP contribution in [0.3, 0.4) is 0 Å². The van der Waals surface area contributed by atoms with Crippen LogP contribution in [-0.2, 0) is 0 Å². The molecule has 1 atom stereocenters.